The van der Waals surface area contributed by atoms with Gasteiger partial charge < -0.3 is 4.98 Å². The predicted octanol–water partition coefficient (Wildman–Crippen LogP) is 4.43. The third kappa shape index (κ3) is 1.40. The van der Waals surface area contributed by atoms with Crippen molar-refractivity contribution in [1.82, 2.24) is 9.97 Å². The predicted molar refractivity (Wildman–Crippen MR) is 80.5 cm³/mol. The van der Waals surface area contributed by atoms with Crippen LogP contribution in [0.1, 0.15) is 12.5 Å². The molecule has 1 N–H and O–H groups in total. The maximum Gasteiger partial charge on any atom is 0.0560 e. The number of fused-ring (bicyclic) bond motifs is 5. The van der Waals surface area contributed by atoms with Crippen LogP contribution < -0.4 is 0 Å². The van der Waals surface area contributed by atoms with Crippen LogP contribution >= 0.6 is 0 Å². The highest BCUT2D eigenvalue weighted by molar-refractivity contribution is 6.17. The van der Waals surface area contributed by atoms with Crippen molar-refractivity contribution >= 4 is 32.6 Å². The smallest absolute Gasteiger partial charge is 0.0560 e. The van der Waals surface area contributed by atoms with Crippen molar-refractivity contribution in [3.05, 3.63) is 54.4 Å². The number of aromatic amines is 1. The van der Waals surface area contributed by atoms with Crippen LogP contribution in [0.3, 0.4) is 0 Å². The Morgan fingerprint density at radius 1 is 1.00 bits per heavy atom. The van der Waals surface area contributed by atoms with E-state index < -0.39 is 0 Å². The number of hydrogen-bond donors (Lipinski definition) is 1. The molecule has 0 saturated heterocycles. The summed E-state index contributed by atoms with van der Waals surface area (Å²) in [7, 11) is 0. The molecule has 0 saturated carbocycles. The summed E-state index contributed by atoms with van der Waals surface area (Å²) in [6, 6.07) is 12.9. The number of H-pyrrole nitrogens is 1. The van der Waals surface area contributed by atoms with E-state index in [4.69, 9.17) is 0 Å². The highest BCUT2D eigenvalue weighted by Gasteiger charge is 2.10. The summed E-state index contributed by atoms with van der Waals surface area (Å²) in [5.41, 5.74) is 3.77. The number of benzene rings is 2. The van der Waals surface area contributed by atoms with Gasteiger partial charge >= 0.3 is 0 Å². The second-order valence-electron chi connectivity index (χ2n) is 4.90. The minimum atomic E-state index is 1.04. The van der Waals surface area contributed by atoms with Gasteiger partial charge in [0.15, 0.2) is 0 Å². The van der Waals surface area contributed by atoms with Crippen molar-refractivity contribution in [2.75, 3.05) is 0 Å². The zero-order valence-corrected chi connectivity index (χ0v) is 10.8. The van der Waals surface area contributed by atoms with Gasteiger partial charge in [-0.3, -0.25) is 4.98 Å². The summed E-state index contributed by atoms with van der Waals surface area (Å²) < 4.78 is 0. The molecule has 2 heterocycles. The molecule has 4 rings (SSSR count). The first-order chi connectivity index (χ1) is 9.38. The van der Waals surface area contributed by atoms with Crippen molar-refractivity contribution in [2.45, 2.75) is 13.3 Å². The summed E-state index contributed by atoms with van der Waals surface area (Å²) in [6.45, 7) is 2.20. The second-order valence-corrected chi connectivity index (χ2v) is 4.90. The number of para-hydroxylation sites is 1. The van der Waals surface area contributed by atoms with E-state index in [-0.39, 0.29) is 0 Å². The van der Waals surface area contributed by atoms with Crippen LogP contribution in [0.2, 0.25) is 0 Å². The average molecular weight is 246 g/mol. The minimum absolute atomic E-state index is 1.04. The summed E-state index contributed by atoms with van der Waals surface area (Å²) in [4.78, 5) is 7.82. The number of nitrogens with zero attached hydrogens (tertiary/aromatic N) is 1. The molecule has 0 aliphatic heterocycles. The lowest BCUT2D eigenvalue weighted by atomic mass is 10.0. The number of rotatable bonds is 1. The van der Waals surface area contributed by atoms with E-state index in [0.29, 0.717) is 0 Å². The van der Waals surface area contributed by atoms with E-state index in [1.807, 2.05) is 12.4 Å². The highest BCUT2D eigenvalue weighted by atomic mass is 14.7. The van der Waals surface area contributed by atoms with Crippen molar-refractivity contribution in [1.29, 1.82) is 0 Å². The van der Waals surface area contributed by atoms with E-state index >= 15 is 0 Å². The van der Waals surface area contributed by atoms with Crippen LogP contribution in [0.5, 0.6) is 0 Å². The summed E-state index contributed by atoms with van der Waals surface area (Å²) in [5.74, 6) is 0. The Kier molecular flexibility index (Phi) is 2.12. The van der Waals surface area contributed by atoms with Gasteiger partial charge in [0, 0.05) is 34.1 Å². The van der Waals surface area contributed by atoms with E-state index in [1.54, 1.807) is 0 Å². The molecule has 0 aliphatic carbocycles. The highest BCUT2D eigenvalue weighted by Crippen LogP contribution is 2.33. The van der Waals surface area contributed by atoms with E-state index in [1.165, 1.54) is 38.1 Å². The first-order valence-electron chi connectivity index (χ1n) is 6.64. The fourth-order valence-electron chi connectivity index (χ4n) is 2.94. The van der Waals surface area contributed by atoms with Crippen molar-refractivity contribution in [3.63, 3.8) is 0 Å². The molecule has 0 fully saturated rings. The molecule has 19 heavy (non-hydrogen) atoms. The van der Waals surface area contributed by atoms with Crippen LogP contribution in [-0.2, 0) is 6.42 Å². The lowest BCUT2D eigenvalue weighted by Crippen LogP contribution is -1.86. The van der Waals surface area contributed by atoms with Crippen LogP contribution in [0.15, 0.2) is 48.8 Å². The molecule has 2 nitrogen and oxygen atoms in total. The number of hydrogen-bond acceptors (Lipinski definition) is 1. The molecule has 2 aromatic carbocycles. The zero-order chi connectivity index (χ0) is 12.8. The number of aryl methyl sites for hydroxylation is 1. The molecule has 0 spiro atoms. The summed E-state index contributed by atoms with van der Waals surface area (Å²) in [5, 5.41) is 5.11. The van der Waals surface area contributed by atoms with Crippen molar-refractivity contribution in [2.24, 2.45) is 0 Å². The van der Waals surface area contributed by atoms with Gasteiger partial charge in [-0.1, -0.05) is 25.1 Å². The quantitative estimate of drug-likeness (QED) is 0.528. The summed E-state index contributed by atoms with van der Waals surface area (Å²) in [6.07, 6.45) is 4.87. The van der Waals surface area contributed by atoms with Gasteiger partial charge in [0.25, 0.3) is 0 Å². The molecule has 0 aliphatic rings. The molecule has 0 unspecified atom stereocenters. The van der Waals surface area contributed by atoms with Crippen LogP contribution in [0.25, 0.3) is 32.6 Å². The monoisotopic (exact) mass is 246 g/mol. The van der Waals surface area contributed by atoms with Gasteiger partial charge in [0.2, 0.25) is 0 Å². The normalized spacial score (nSPS) is 11.6. The topological polar surface area (TPSA) is 28.7 Å². The van der Waals surface area contributed by atoms with E-state index in [0.717, 1.165) is 6.42 Å². The minimum Gasteiger partial charge on any atom is -0.354 e. The van der Waals surface area contributed by atoms with Crippen molar-refractivity contribution in [3.8, 4) is 0 Å². The number of aromatic nitrogens is 2. The lowest BCUT2D eigenvalue weighted by Gasteiger charge is -2.05. The first kappa shape index (κ1) is 10.6. The van der Waals surface area contributed by atoms with Gasteiger partial charge in [0.05, 0.1) is 5.52 Å². The Morgan fingerprint density at radius 3 is 2.79 bits per heavy atom. The molecule has 0 atom stereocenters. The van der Waals surface area contributed by atoms with E-state index in [9.17, 15) is 0 Å². The van der Waals surface area contributed by atoms with Gasteiger partial charge in [0.1, 0.15) is 0 Å². The lowest BCUT2D eigenvalue weighted by molar-refractivity contribution is 1.16. The average Bonchev–Trinajstić information content (AvgIpc) is 2.85. The second kappa shape index (κ2) is 3.82. The zero-order valence-electron chi connectivity index (χ0n) is 10.8. The maximum atomic E-state index is 4.29. The molecule has 4 aromatic rings. The van der Waals surface area contributed by atoms with E-state index in [2.05, 4.69) is 53.3 Å². The molecule has 92 valence electrons. The first-order valence-corrected chi connectivity index (χ1v) is 6.64. The Labute approximate surface area is 111 Å². The Balaban J connectivity index is 2.32. The van der Waals surface area contributed by atoms with Gasteiger partial charge in [-0.05, 0) is 35.6 Å². The Bertz CT molecular complexity index is 903. The van der Waals surface area contributed by atoms with Crippen LogP contribution in [0.4, 0.5) is 0 Å². The Hall–Kier alpha value is -2.35. The van der Waals surface area contributed by atoms with Gasteiger partial charge in [-0.15, -0.1) is 0 Å². The SMILES string of the molecule is CCc1cc2c3ccccc3[nH]c2c2cnccc12. The third-order valence-corrected chi connectivity index (χ3v) is 3.88. The molecule has 0 radical (unpaired) electrons. The fourth-order valence-corrected chi connectivity index (χ4v) is 2.94. The van der Waals surface area contributed by atoms with Gasteiger partial charge in [-0.25, -0.2) is 0 Å². The molecule has 2 heteroatoms. The molecular weight excluding hydrogens is 232 g/mol. The van der Waals surface area contributed by atoms with Crippen LogP contribution in [-0.4, -0.2) is 9.97 Å². The summed E-state index contributed by atoms with van der Waals surface area (Å²) >= 11 is 0. The van der Waals surface area contributed by atoms with Crippen molar-refractivity contribution < 1.29 is 0 Å². The largest absolute Gasteiger partial charge is 0.354 e. The van der Waals surface area contributed by atoms with Gasteiger partial charge in [-0.2, -0.15) is 0 Å². The third-order valence-electron chi connectivity index (χ3n) is 3.88. The number of pyridine rings is 1. The molecule has 0 bridgehead atoms. The Morgan fingerprint density at radius 2 is 1.89 bits per heavy atom. The molecule has 2 aromatic heterocycles. The number of nitrogens with one attached hydrogen (secondary N) is 1. The fraction of sp³-hybridized carbons (Fsp3) is 0.118. The maximum absolute atomic E-state index is 4.29. The molecular formula is C17H14N2. The van der Waals surface area contributed by atoms with Crippen LogP contribution in [0, 0.1) is 0 Å². The molecule has 0 amide bonds. The standard InChI is InChI=1S/C17H14N2/c1-2-11-9-14-13-5-3-4-6-16(13)19-17(14)15-10-18-8-7-12(11)15/h3-10,19H,2H2,1H3.